The zero-order valence-corrected chi connectivity index (χ0v) is 7.49. The predicted octanol–water partition coefficient (Wildman–Crippen LogP) is 2.82. The Morgan fingerprint density at radius 3 is 2.58 bits per heavy atom. The minimum absolute atomic E-state index is 0.116. The smallest absolute Gasteiger partial charge is 0.0720 e. The average molecular weight is 163 g/mol. The third-order valence-corrected chi connectivity index (χ3v) is 1.78. The first kappa shape index (κ1) is 9.27. The molecule has 0 unspecified atom stereocenters. The van der Waals surface area contributed by atoms with Crippen molar-refractivity contribution in [2.45, 2.75) is 26.1 Å². The van der Waals surface area contributed by atoms with Crippen LogP contribution in [-0.4, -0.2) is 6.10 Å². The standard InChI is InChI=1S/C11H15O/c1-3-10(2)12-9-11-7-5-4-6-8-11/h4-8,10H,2-3,9H2,1H3/t10-/m0/s1. The molecule has 0 aliphatic rings. The van der Waals surface area contributed by atoms with Crippen molar-refractivity contribution < 1.29 is 4.74 Å². The highest BCUT2D eigenvalue weighted by atomic mass is 16.5. The minimum Gasteiger partial charge on any atom is -0.374 e. The number of rotatable bonds is 4. The van der Waals surface area contributed by atoms with Crippen LogP contribution in [0.5, 0.6) is 0 Å². The molecule has 1 heteroatoms. The minimum atomic E-state index is 0.116. The van der Waals surface area contributed by atoms with Crippen LogP contribution >= 0.6 is 0 Å². The topological polar surface area (TPSA) is 9.23 Å². The first-order valence-corrected chi connectivity index (χ1v) is 4.31. The van der Waals surface area contributed by atoms with Gasteiger partial charge in [0.1, 0.15) is 0 Å². The van der Waals surface area contributed by atoms with Crippen molar-refractivity contribution in [3.63, 3.8) is 0 Å². The Balaban J connectivity index is 2.33. The summed E-state index contributed by atoms with van der Waals surface area (Å²) >= 11 is 0. The first-order chi connectivity index (χ1) is 5.83. The molecule has 0 amide bonds. The van der Waals surface area contributed by atoms with Gasteiger partial charge in [-0.15, -0.1) is 0 Å². The van der Waals surface area contributed by atoms with Gasteiger partial charge in [0.05, 0.1) is 12.7 Å². The quantitative estimate of drug-likeness (QED) is 0.663. The summed E-state index contributed by atoms with van der Waals surface area (Å²) in [5, 5.41) is 0. The van der Waals surface area contributed by atoms with Crippen molar-refractivity contribution in [2.75, 3.05) is 0 Å². The SMILES string of the molecule is [CH2][C@@H](CC)OCc1ccccc1. The Morgan fingerprint density at radius 1 is 1.33 bits per heavy atom. The molecular weight excluding hydrogens is 148 g/mol. The second-order valence-corrected chi connectivity index (χ2v) is 2.83. The number of benzene rings is 1. The van der Waals surface area contributed by atoms with E-state index < -0.39 is 0 Å². The Labute approximate surface area is 74.4 Å². The summed E-state index contributed by atoms with van der Waals surface area (Å²) in [7, 11) is 0. The summed E-state index contributed by atoms with van der Waals surface area (Å²) in [5.74, 6) is 0. The maximum Gasteiger partial charge on any atom is 0.0720 e. The summed E-state index contributed by atoms with van der Waals surface area (Å²) in [6, 6.07) is 10.2. The highest BCUT2D eigenvalue weighted by molar-refractivity contribution is 5.13. The number of hydrogen-bond acceptors (Lipinski definition) is 1. The third kappa shape index (κ3) is 3.05. The Hall–Kier alpha value is -0.820. The second-order valence-electron chi connectivity index (χ2n) is 2.83. The molecule has 1 radical (unpaired) electrons. The lowest BCUT2D eigenvalue weighted by atomic mass is 10.2. The van der Waals surface area contributed by atoms with Gasteiger partial charge in [-0.2, -0.15) is 0 Å². The zero-order chi connectivity index (χ0) is 8.81. The summed E-state index contributed by atoms with van der Waals surface area (Å²) in [4.78, 5) is 0. The fraction of sp³-hybridized carbons (Fsp3) is 0.364. The highest BCUT2D eigenvalue weighted by Gasteiger charge is 1.97. The van der Waals surface area contributed by atoms with Crippen LogP contribution in [0.3, 0.4) is 0 Å². The van der Waals surface area contributed by atoms with Crippen molar-refractivity contribution in [2.24, 2.45) is 0 Å². The monoisotopic (exact) mass is 163 g/mol. The van der Waals surface area contributed by atoms with E-state index in [4.69, 9.17) is 4.74 Å². The van der Waals surface area contributed by atoms with Crippen molar-refractivity contribution in [3.8, 4) is 0 Å². The number of hydrogen-bond donors (Lipinski definition) is 0. The fourth-order valence-corrected chi connectivity index (χ4v) is 0.906. The van der Waals surface area contributed by atoms with Gasteiger partial charge in [-0.25, -0.2) is 0 Å². The Bertz CT molecular complexity index is 206. The summed E-state index contributed by atoms with van der Waals surface area (Å²) < 4.78 is 5.47. The van der Waals surface area contributed by atoms with Crippen LogP contribution < -0.4 is 0 Å². The molecule has 0 aliphatic carbocycles. The molecule has 1 nitrogen and oxygen atoms in total. The predicted molar refractivity (Wildman–Crippen MR) is 50.7 cm³/mol. The molecular formula is C11H15O. The maximum atomic E-state index is 5.47. The van der Waals surface area contributed by atoms with Crippen LogP contribution in [-0.2, 0) is 11.3 Å². The maximum absolute atomic E-state index is 5.47. The molecule has 0 aliphatic heterocycles. The summed E-state index contributed by atoms with van der Waals surface area (Å²) in [5.41, 5.74) is 1.21. The fourth-order valence-electron chi connectivity index (χ4n) is 0.906. The van der Waals surface area contributed by atoms with Gasteiger partial charge in [0.2, 0.25) is 0 Å². The molecule has 1 rings (SSSR count). The van der Waals surface area contributed by atoms with E-state index in [-0.39, 0.29) is 6.10 Å². The lowest BCUT2D eigenvalue weighted by Gasteiger charge is -2.09. The largest absolute Gasteiger partial charge is 0.374 e. The first-order valence-electron chi connectivity index (χ1n) is 4.31. The lowest BCUT2D eigenvalue weighted by molar-refractivity contribution is 0.0678. The summed E-state index contributed by atoms with van der Waals surface area (Å²) in [6.07, 6.45) is 1.08. The summed E-state index contributed by atoms with van der Waals surface area (Å²) in [6.45, 7) is 6.59. The van der Waals surface area contributed by atoms with E-state index in [0.717, 1.165) is 6.42 Å². The van der Waals surface area contributed by atoms with Crippen LogP contribution in [0.15, 0.2) is 30.3 Å². The van der Waals surface area contributed by atoms with Gasteiger partial charge in [0, 0.05) is 0 Å². The molecule has 0 bridgehead atoms. The normalized spacial score (nSPS) is 12.8. The highest BCUT2D eigenvalue weighted by Crippen LogP contribution is 2.04. The van der Waals surface area contributed by atoms with Gasteiger partial charge in [-0.3, -0.25) is 0 Å². The molecule has 0 spiro atoms. The molecule has 0 saturated heterocycles. The molecule has 0 N–H and O–H groups in total. The average Bonchev–Trinajstić information content (AvgIpc) is 2.16. The molecule has 65 valence electrons. The third-order valence-electron chi connectivity index (χ3n) is 1.78. The molecule has 1 atom stereocenters. The van der Waals surface area contributed by atoms with Crippen LogP contribution in [0.4, 0.5) is 0 Å². The lowest BCUT2D eigenvalue weighted by Crippen LogP contribution is -2.06. The van der Waals surface area contributed by atoms with Gasteiger partial charge in [0.15, 0.2) is 0 Å². The van der Waals surface area contributed by atoms with E-state index in [2.05, 4.69) is 26.0 Å². The van der Waals surface area contributed by atoms with Gasteiger partial charge in [-0.1, -0.05) is 37.3 Å². The van der Waals surface area contributed by atoms with E-state index in [1.165, 1.54) is 5.56 Å². The van der Waals surface area contributed by atoms with Crippen molar-refractivity contribution in [1.82, 2.24) is 0 Å². The second kappa shape index (κ2) is 4.94. The van der Waals surface area contributed by atoms with Crippen LogP contribution in [0, 0.1) is 6.92 Å². The van der Waals surface area contributed by atoms with E-state index in [9.17, 15) is 0 Å². The number of ether oxygens (including phenoxy) is 1. The van der Waals surface area contributed by atoms with Crippen molar-refractivity contribution >= 4 is 0 Å². The van der Waals surface area contributed by atoms with E-state index in [0.29, 0.717) is 6.61 Å². The molecule has 12 heavy (non-hydrogen) atoms. The van der Waals surface area contributed by atoms with Gasteiger partial charge >= 0.3 is 0 Å². The molecule has 1 aromatic rings. The van der Waals surface area contributed by atoms with Crippen LogP contribution in [0.2, 0.25) is 0 Å². The van der Waals surface area contributed by atoms with Crippen LogP contribution in [0.25, 0.3) is 0 Å². The van der Waals surface area contributed by atoms with E-state index in [1.807, 2.05) is 18.2 Å². The molecule has 0 fully saturated rings. The Morgan fingerprint density at radius 2 is 2.00 bits per heavy atom. The molecule has 1 aromatic carbocycles. The van der Waals surface area contributed by atoms with Crippen molar-refractivity contribution in [1.29, 1.82) is 0 Å². The molecule has 0 heterocycles. The molecule has 0 saturated carbocycles. The van der Waals surface area contributed by atoms with Gasteiger partial charge in [0.25, 0.3) is 0 Å². The van der Waals surface area contributed by atoms with E-state index in [1.54, 1.807) is 0 Å². The van der Waals surface area contributed by atoms with Gasteiger partial charge < -0.3 is 4.74 Å². The van der Waals surface area contributed by atoms with Crippen LogP contribution in [0.1, 0.15) is 18.9 Å². The van der Waals surface area contributed by atoms with Crippen molar-refractivity contribution in [3.05, 3.63) is 42.8 Å². The van der Waals surface area contributed by atoms with Gasteiger partial charge in [-0.05, 0) is 18.9 Å². The van der Waals surface area contributed by atoms with E-state index >= 15 is 0 Å². The Kier molecular flexibility index (Phi) is 3.81. The zero-order valence-electron chi connectivity index (χ0n) is 7.49. The molecule has 0 aromatic heterocycles.